The van der Waals surface area contributed by atoms with Gasteiger partial charge in [0.05, 0.1) is 17.0 Å². The van der Waals surface area contributed by atoms with E-state index < -0.39 is 10.0 Å². The number of carbonyl (C=O) groups is 1. The van der Waals surface area contributed by atoms with Gasteiger partial charge < -0.3 is 4.90 Å². The number of nitrogens with zero attached hydrogens (tertiary/aromatic N) is 4. The van der Waals surface area contributed by atoms with Gasteiger partial charge in [-0.1, -0.05) is 61.7 Å². The fraction of sp³-hybridized carbons (Fsp3) is 0.462. The highest BCUT2D eigenvalue weighted by molar-refractivity contribution is 7.89. The van der Waals surface area contributed by atoms with Gasteiger partial charge in [0.15, 0.2) is 0 Å². The molecule has 7 nitrogen and oxygen atoms in total. The minimum Gasteiger partial charge on any atom is -0.339 e. The first-order valence-corrected chi connectivity index (χ1v) is 13.5. The second kappa shape index (κ2) is 11.1. The van der Waals surface area contributed by atoms with Gasteiger partial charge in [0.2, 0.25) is 15.9 Å². The van der Waals surface area contributed by atoms with E-state index in [4.69, 9.17) is 0 Å². The van der Waals surface area contributed by atoms with Crippen LogP contribution in [-0.2, 0) is 21.4 Å². The Labute approximate surface area is 202 Å². The van der Waals surface area contributed by atoms with Crippen LogP contribution in [0.25, 0.3) is 0 Å². The number of nitriles is 1. The number of rotatable bonds is 7. The molecule has 0 atom stereocenters. The Morgan fingerprint density at radius 2 is 1.59 bits per heavy atom. The van der Waals surface area contributed by atoms with Crippen molar-refractivity contribution >= 4 is 15.9 Å². The average Bonchev–Trinajstić information content (AvgIpc) is 2.89. The van der Waals surface area contributed by atoms with Gasteiger partial charge >= 0.3 is 0 Å². The van der Waals surface area contributed by atoms with Gasteiger partial charge in [-0.05, 0) is 30.5 Å². The van der Waals surface area contributed by atoms with E-state index in [0.717, 1.165) is 19.4 Å². The summed E-state index contributed by atoms with van der Waals surface area (Å²) in [5, 5.41) is 9.30. The van der Waals surface area contributed by atoms with Crippen LogP contribution in [0.1, 0.15) is 43.2 Å². The van der Waals surface area contributed by atoms with Crippen LogP contribution in [0.4, 0.5) is 0 Å². The normalized spacial score (nSPS) is 18.1. The van der Waals surface area contributed by atoms with Crippen molar-refractivity contribution in [3.05, 3.63) is 65.7 Å². The van der Waals surface area contributed by atoms with E-state index in [-0.39, 0.29) is 29.5 Å². The quantitative estimate of drug-likeness (QED) is 0.608. The number of amides is 1. The van der Waals surface area contributed by atoms with Gasteiger partial charge in [0.1, 0.15) is 6.07 Å². The fourth-order valence-electron chi connectivity index (χ4n) is 4.95. The van der Waals surface area contributed by atoms with E-state index in [1.54, 1.807) is 17.0 Å². The van der Waals surface area contributed by atoms with E-state index in [9.17, 15) is 18.5 Å². The molecule has 1 aliphatic carbocycles. The molecule has 1 amide bonds. The van der Waals surface area contributed by atoms with Crippen LogP contribution in [-0.4, -0.2) is 67.2 Å². The lowest BCUT2D eigenvalue weighted by Gasteiger charge is -2.38. The SMILES string of the molecule is N#Cc1ccccc1S(=O)(=O)N1CCN(C(=O)CN(Cc2ccccc2)C2CCCCC2)CC1. The second-order valence-electron chi connectivity index (χ2n) is 9.08. The molecular weight excluding hydrogens is 448 g/mol. The van der Waals surface area contributed by atoms with Crippen LogP contribution in [0.5, 0.6) is 0 Å². The maximum atomic E-state index is 13.2. The molecule has 1 saturated heterocycles. The van der Waals surface area contributed by atoms with Gasteiger partial charge in [0, 0.05) is 38.8 Å². The molecule has 2 aromatic rings. The van der Waals surface area contributed by atoms with Gasteiger partial charge in [-0.15, -0.1) is 0 Å². The van der Waals surface area contributed by atoms with Gasteiger partial charge in [-0.2, -0.15) is 9.57 Å². The van der Waals surface area contributed by atoms with Crippen molar-refractivity contribution in [2.45, 2.75) is 49.6 Å². The predicted octanol–water partition coefficient (Wildman–Crippen LogP) is 3.23. The molecule has 0 radical (unpaired) electrons. The lowest BCUT2D eigenvalue weighted by atomic mass is 9.93. The van der Waals surface area contributed by atoms with Crippen LogP contribution in [0.3, 0.4) is 0 Å². The molecule has 0 N–H and O–H groups in total. The Hall–Kier alpha value is -2.73. The van der Waals surface area contributed by atoms with Crippen molar-refractivity contribution in [3.63, 3.8) is 0 Å². The molecule has 0 unspecified atom stereocenters. The minimum atomic E-state index is -3.77. The Morgan fingerprint density at radius 1 is 0.941 bits per heavy atom. The van der Waals surface area contributed by atoms with Gasteiger partial charge in [-0.25, -0.2) is 8.42 Å². The summed E-state index contributed by atoms with van der Waals surface area (Å²) in [5.41, 5.74) is 1.35. The van der Waals surface area contributed by atoms with Crippen molar-refractivity contribution in [2.75, 3.05) is 32.7 Å². The zero-order chi connectivity index (χ0) is 24.0. The standard InChI is InChI=1S/C26H32N4O3S/c27-19-23-11-7-8-14-25(23)34(32,33)30-17-15-28(16-18-30)26(31)21-29(24-12-5-2-6-13-24)20-22-9-3-1-4-10-22/h1,3-4,7-11,14,24H,2,5-6,12-13,15-18,20-21H2. The Bertz CT molecular complexity index is 1120. The summed E-state index contributed by atoms with van der Waals surface area (Å²) >= 11 is 0. The summed E-state index contributed by atoms with van der Waals surface area (Å²) in [7, 11) is -3.77. The molecule has 4 rings (SSSR count). The van der Waals surface area contributed by atoms with Crippen molar-refractivity contribution in [3.8, 4) is 6.07 Å². The first-order chi connectivity index (χ1) is 16.5. The molecule has 2 fully saturated rings. The molecule has 1 heterocycles. The molecule has 34 heavy (non-hydrogen) atoms. The summed E-state index contributed by atoms with van der Waals surface area (Å²) in [6, 6.07) is 18.9. The lowest BCUT2D eigenvalue weighted by molar-refractivity contribution is -0.134. The highest BCUT2D eigenvalue weighted by Crippen LogP contribution is 2.25. The van der Waals surface area contributed by atoms with Crippen molar-refractivity contribution < 1.29 is 13.2 Å². The monoisotopic (exact) mass is 480 g/mol. The molecule has 1 saturated carbocycles. The summed E-state index contributed by atoms with van der Waals surface area (Å²) in [6.07, 6.45) is 5.89. The number of sulfonamides is 1. The van der Waals surface area contributed by atoms with Gasteiger partial charge in [0.25, 0.3) is 0 Å². The molecule has 0 spiro atoms. The number of hydrogen-bond donors (Lipinski definition) is 0. The first-order valence-electron chi connectivity index (χ1n) is 12.0. The minimum absolute atomic E-state index is 0.0311. The Balaban J connectivity index is 1.40. The van der Waals surface area contributed by atoms with E-state index in [1.165, 1.54) is 41.3 Å². The molecule has 8 heteroatoms. The summed E-state index contributed by atoms with van der Waals surface area (Å²) in [4.78, 5) is 17.4. The Kier molecular flexibility index (Phi) is 7.99. The topological polar surface area (TPSA) is 84.7 Å². The van der Waals surface area contributed by atoms with Crippen LogP contribution in [0.15, 0.2) is 59.5 Å². The number of carbonyl (C=O) groups excluding carboxylic acids is 1. The first kappa shape index (κ1) is 24.4. The highest BCUT2D eigenvalue weighted by atomic mass is 32.2. The van der Waals surface area contributed by atoms with E-state index >= 15 is 0 Å². The largest absolute Gasteiger partial charge is 0.339 e. The van der Waals surface area contributed by atoms with E-state index in [0.29, 0.717) is 25.7 Å². The van der Waals surface area contributed by atoms with Crippen molar-refractivity contribution in [2.24, 2.45) is 0 Å². The van der Waals surface area contributed by atoms with Crippen LogP contribution in [0.2, 0.25) is 0 Å². The molecular formula is C26H32N4O3S. The van der Waals surface area contributed by atoms with Crippen LogP contribution in [0, 0.1) is 11.3 Å². The third-order valence-electron chi connectivity index (χ3n) is 6.87. The summed E-state index contributed by atoms with van der Waals surface area (Å²) in [5.74, 6) is 0.0518. The Morgan fingerprint density at radius 3 is 2.26 bits per heavy atom. The molecule has 2 aliphatic rings. The van der Waals surface area contributed by atoms with E-state index in [2.05, 4.69) is 17.0 Å². The molecule has 0 aromatic heterocycles. The molecule has 0 bridgehead atoms. The molecule has 1 aliphatic heterocycles. The highest BCUT2D eigenvalue weighted by Gasteiger charge is 2.32. The predicted molar refractivity (Wildman–Crippen MR) is 130 cm³/mol. The maximum absolute atomic E-state index is 13.2. The zero-order valence-corrected chi connectivity index (χ0v) is 20.3. The summed E-state index contributed by atoms with van der Waals surface area (Å²) in [6.45, 7) is 2.28. The third-order valence-corrected chi connectivity index (χ3v) is 8.83. The zero-order valence-electron chi connectivity index (χ0n) is 19.5. The number of hydrogen-bond acceptors (Lipinski definition) is 5. The number of benzene rings is 2. The maximum Gasteiger partial charge on any atom is 0.244 e. The van der Waals surface area contributed by atoms with Gasteiger partial charge in [-0.3, -0.25) is 9.69 Å². The third kappa shape index (κ3) is 5.66. The van der Waals surface area contributed by atoms with Crippen LogP contribution < -0.4 is 0 Å². The lowest BCUT2D eigenvalue weighted by Crippen LogP contribution is -2.53. The molecule has 2 aromatic carbocycles. The fourth-order valence-corrected chi connectivity index (χ4v) is 6.52. The van der Waals surface area contributed by atoms with E-state index in [1.807, 2.05) is 24.3 Å². The average molecular weight is 481 g/mol. The number of piperazine rings is 1. The second-order valence-corrected chi connectivity index (χ2v) is 11.0. The van der Waals surface area contributed by atoms with Crippen molar-refractivity contribution in [1.29, 1.82) is 5.26 Å². The van der Waals surface area contributed by atoms with Crippen LogP contribution >= 0.6 is 0 Å². The smallest absolute Gasteiger partial charge is 0.244 e. The summed E-state index contributed by atoms with van der Waals surface area (Å²) < 4.78 is 27.6. The molecule has 180 valence electrons. The van der Waals surface area contributed by atoms with Crippen molar-refractivity contribution in [1.82, 2.24) is 14.1 Å².